The van der Waals surface area contributed by atoms with Crippen molar-refractivity contribution >= 4 is 45.9 Å². The Labute approximate surface area is 362 Å². The predicted molar refractivity (Wildman–Crippen MR) is 243 cm³/mol. The van der Waals surface area contributed by atoms with Crippen LogP contribution in [0.15, 0.2) is 83.8 Å². The number of ketones is 1. The van der Waals surface area contributed by atoms with Gasteiger partial charge in [-0.05, 0) is 104 Å². The van der Waals surface area contributed by atoms with Crippen molar-refractivity contribution in [1.82, 2.24) is 35.7 Å². The highest BCUT2D eigenvalue weighted by molar-refractivity contribution is 6.05. The summed E-state index contributed by atoms with van der Waals surface area (Å²) in [4.78, 5) is 58.0. The van der Waals surface area contributed by atoms with E-state index in [2.05, 4.69) is 92.3 Å². The Hall–Kier alpha value is -6.41. The molecule has 4 N–H and O–H groups in total. The molecule has 2 aromatic carbocycles. The number of carbonyl (C=O) groups excluding carboxylic acids is 3. The number of hydrogen-bond donors (Lipinski definition) is 4. The number of rotatable bonds is 15. The molecule has 0 bridgehead atoms. The van der Waals surface area contributed by atoms with Gasteiger partial charge in [-0.15, -0.1) is 0 Å². The van der Waals surface area contributed by atoms with Crippen LogP contribution in [0.3, 0.4) is 0 Å². The van der Waals surface area contributed by atoms with Gasteiger partial charge in [0.25, 0.3) is 0 Å². The molecule has 6 aromatic rings. The maximum absolute atomic E-state index is 12.9. The smallest absolute Gasteiger partial charge is 0.328 e. The van der Waals surface area contributed by atoms with Gasteiger partial charge in [-0.3, -0.25) is 19.8 Å². The standard InChI is InChI=1S/C48H56N10O4/c1-30(6-14-41(59)40-26-42(62-56-40)48(3,4)5)37-13-7-33(24-31(37)2)45-38-25-39(54-46(38)53-29-52-45)34-8-15-43(51-28-34)50-20-19-49-27-32-16-21-57(22-17-32)35-9-11-36(12-10-35)58-23-18-44(60)55-47(58)61/h7-13,15,24-26,28-30,32,49H,6,14,16-23,27H2,1-5H3,(H,50,51)(H,52,53,54)(H,55,60,61)/t30-/m0/s1. The van der Waals surface area contributed by atoms with Gasteiger partial charge >= 0.3 is 6.03 Å². The van der Waals surface area contributed by atoms with E-state index >= 15 is 0 Å². The molecule has 6 heterocycles. The third-order valence-corrected chi connectivity index (χ3v) is 12.1. The highest BCUT2D eigenvalue weighted by Crippen LogP contribution is 2.34. The first-order chi connectivity index (χ1) is 29.9. The monoisotopic (exact) mass is 836 g/mol. The van der Waals surface area contributed by atoms with E-state index in [0.29, 0.717) is 43.2 Å². The summed E-state index contributed by atoms with van der Waals surface area (Å²) in [5.41, 5.74) is 9.04. The highest BCUT2D eigenvalue weighted by atomic mass is 16.5. The Morgan fingerprint density at radius 3 is 2.40 bits per heavy atom. The first kappa shape index (κ1) is 42.3. The number of hydrogen-bond acceptors (Lipinski definition) is 11. The number of pyridine rings is 1. The lowest BCUT2D eigenvalue weighted by Gasteiger charge is -2.34. The van der Waals surface area contributed by atoms with Crippen LogP contribution in [0, 0.1) is 12.8 Å². The topological polar surface area (TPSA) is 174 Å². The Morgan fingerprint density at radius 2 is 1.69 bits per heavy atom. The summed E-state index contributed by atoms with van der Waals surface area (Å²) in [6.45, 7) is 15.4. The summed E-state index contributed by atoms with van der Waals surface area (Å²) in [7, 11) is 0. The Kier molecular flexibility index (Phi) is 12.5. The number of nitrogens with zero attached hydrogens (tertiary/aromatic N) is 6. The molecule has 1 atom stereocenters. The number of aromatic amines is 1. The zero-order chi connectivity index (χ0) is 43.4. The number of Topliss-reactive ketones (excluding diaryl/α,β-unsaturated/α-hetero) is 1. The molecule has 2 fully saturated rings. The summed E-state index contributed by atoms with van der Waals surface area (Å²) in [6.07, 6.45) is 7.13. The van der Waals surface area contributed by atoms with Crippen molar-refractivity contribution < 1.29 is 18.9 Å². The average molecular weight is 837 g/mol. The number of nitrogens with one attached hydrogen (secondary N) is 4. The van der Waals surface area contributed by atoms with Gasteiger partial charge in [0.2, 0.25) is 5.91 Å². The first-order valence-electron chi connectivity index (χ1n) is 21.7. The van der Waals surface area contributed by atoms with Crippen LogP contribution in [0.25, 0.3) is 33.5 Å². The van der Waals surface area contributed by atoms with Crippen LogP contribution in [0.2, 0.25) is 0 Å². The van der Waals surface area contributed by atoms with Crippen LogP contribution in [-0.2, 0) is 10.2 Å². The van der Waals surface area contributed by atoms with Crippen molar-refractivity contribution in [2.45, 2.75) is 78.1 Å². The number of amides is 3. The summed E-state index contributed by atoms with van der Waals surface area (Å²) in [5.74, 6) is 2.12. The van der Waals surface area contributed by atoms with Gasteiger partial charge in [0, 0.05) is 96.8 Å². The number of aromatic nitrogens is 5. The van der Waals surface area contributed by atoms with Gasteiger partial charge < -0.3 is 25.0 Å². The number of carbonyl (C=O) groups is 3. The van der Waals surface area contributed by atoms with Gasteiger partial charge in [-0.1, -0.05) is 45.0 Å². The molecule has 0 aliphatic carbocycles. The molecule has 0 radical (unpaired) electrons. The normalized spacial score (nSPS) is 15.6. The second-order valence-corrected chi connectivity index (χ2v) is 17.7. The van der Waals surface area contributed by atoms with Gasteiger partial charge in [0.1, 0.15) is 29.2 Å². The maximum atomic E-state index is 12.9. The molecule has 2 aliphatic heterocycles. The number of H-pyrrole nitrogens is 1. The molecule has 0 unspecified atom stereocenters. The molecular formula is C48H56N10O4. The molecule has 3 amide bonds. The van der Waals surface area contributed by atoms with Crippen LogP contribution >= 0.6 is 0 Å². The van der Waals surface area contributed by atoms with E-state index in [1.165, 1.54) is 5.56 Å². The molecule has 0 saturated carbocycles. The van der Waals surface area contributed by atoms with Crippen LogP contribution in [-0.4, -0.2) is 82.1 Å². The Morgan fingerprint density at radius 1 is 0.919 bits per heavy atom. The highest BCUT2D eigenvalue weighted by Gasteiger charge is 2.26. The SMILES string of the molecule is Cc1cc(-c2ncnc3[nH]c(-c4ccc(NCCNCC5CCN(c6ccc(N7CCC(=O)NC7=O)cc6)CC5)nc4)cc23)ccc1[C@@H](C)CCC(=O)c1cc(C(C)(C)C)on1. The number of piperidine rings is 1. The summed E-state index contributed by atoms with van der Waals surface area (Å²) in [5, 5.41) is 14.4. The quantitative estimate of drug-likeness (QED) is 0.0578. The lowest BCUT2D eigenvalue weighted by molar-refractivity contribution is -0.120. The molecule has 2 saturated heterocycles. The van der Waals surface area contributed by atoms with Gasteiger partial charge in [-0.2, -0.15) is 0 Å². The molecule has 14 heteroatoms. The lowest BCUT2D eigenvalue weighted by Crippen LogP contribution is -2.49. The van der Waals surface area contributed by atoms with Crippen molar-refractivity contribution in [1.29, 1.82) is 0 Å². The maximum Gasteiger partial charge on any atom is 0.328 e. The molecule has 8 rings (SSSR count). The second-order valence-electron chi connectivity index (χ2n) is 17.7. The number of fused-ring (bicyclic) bond motifs is 1. The number of urea groups is 1. The lowest BCUT2D eigenvalue weighted by atomic mass is 9.89. The third-order valence-electron chi connectivity index (χ3n) is 12.1. The van der Waals surface area contributed by atoms with Crippen LogP contribution in [0.5, 0.6) is 0 Å². The van der Waals surface area contributed by atoms with Crippen molar-refractivity contribution in [3.05, 3.63) is 102 Å². The van der Waals surface area contributed by atoms with Crippen LogP contribution in [0.4, 0.5) is 22.0 Å². The Balaban J connectivity index is 0.786. The summed E-state index contributed by atoms with van der Waals surface area (Å²) in [6, 6.07) is 22.1. The van der Waals surface area contributed by atoms with E-state index in [4.69, 9.17) is 14.5 Å². The van der Waals surface area contributed by atoms with E-state index in [9.17, 15) is 14.4 Å². The molecule has 14 nitrogen and oxygen atoms in total. The van der Waals surface area contributed by atoms with Gasteiger partial charge in [0.15, 0.2) is 5.78 Å². The molecule has 4 aromatic heterocycles. The fourth-order valence-corrected chi connectivity index (χ4v) is 8.38. The van der Waals surface area contributed by atoms with Crippen LogP contribution in [0.1, 0.15) is 93.1 Å². The minimum atomic E-state index is -0.358. The summed E-state index contributed by atoms with van der Waals surface area (Å²) < 4.78 is 5.43. The third kappa shape index (κ3) is 9.70. The molecule has 322 valence electrons. The Bertz CT molecular complexity index is 2530. The summed E-state index contributed by atoms with van der Waals surface area (Å²) >= 11 is 0. The minimum absolute atomic E-state index is 0.00109. The van der Waals surface area contributed by atoms with Gasteiger partial charge in [-0.25, -0.2) is 19.7 Å². The molecule has 62 heavy (non-hydrogen) atoms. The number of anilines is 3. The largest absolute Gasteiger partial charge is 0.372 e. The zero-order valence-corrected chi connectivity index (χ0v) is 36.3. The fourth-order valence-electron chi connectivity index (χ4n) is 8.38. The minimum Gasteiger partial charge on any atom is -0.372 e. The van der Waals surface area contributed by atoms with E-state index in [1.54, 1.807) is 17.3 Å². The van der Waals surface area contributed by atoms with E-state index in [1.807, 2.05) is 45.2 Å². The molecule has 0 spiro atoms. The van der Waals surface area contributed by atoms with E-state index in [0.717, 1.165) is 102 Å². The van der Waals surface area contributed by atoms with Crippen molar-refractivity contribution in [3.8, 4) is 22.5 Å². The van der Waals surface area contributed by atoms with Gasteiger partial charge in [0.05, 0.1) is 5.69 Å². The molecule has 2 aliphatic rings. The number of benzene rings is 2. The number of imide groups is 1. The zero-order valence-electron chi connectivity index (χ0n) is 36.3. The van der Waals surface area contributed by atoms with E-state index < -0.39 is 0 Å². The predicted octanol–water partition coefficient (Wildman–Crippen LogP) is 8.41. The second kappa shape index (κ2) is 18.3. The van der Waals surface area contributed by atoms with Crippen molar-refractivity contribution in [2.75, 3.05) is 54.4 Å². The molecular weight excluding hydrogens is 781 g/mol. The van der Waals surface area contributed by atoms with Crippen molar-refractivity contribution in [2.24, 2.45) is 5.92 Å². The van der Waals surface area contributed by atoms with Crippen molar-refractivity contribution in [3.63, 3.8) is 0 Å². The fraction of sp³-hybridized carbons (Fsp3) is 0.396. The van der Waals surface area contributed by atoms with Crippen LogP contribution < -0.4 is 25.8 Å². The van der Waals surface area contributed by atoms with E-state index in [-0.39, 0.29) is 29.1 Å². The average Bonchev–Trinajstić information content (AvgIpc) is 3.95. The number of aryl methyl sites for hydroxylation is 1. The first-order valence-corrected chi connectivity index (χ1v) is 21.7.